The number of nitrogens with zero attached hydrogens (tertiary/aromatic N) is 6. The lowest BCUT2D eigenvalue weighted by molar-refractivity contribution is 0.218. The molecule has 1 atom stereocenters. The summed E-state index contributed by atoms with van der Waals surface area (Å²) < 4.78 is 1.81. The summed E-state index contributed by atoms with van der Waals surface area (Å²) in [6.07, 6.45) is 5.18. The molecule has 0 saturated heterocycles. The van der Waals surface area contributed by atoms with Crippen molar-refractivity contribution < 1.29 is 0 Å². The van der Waals surface area contributed by atoms with Gasteiger partial charge in [0.15, 0.2) is 5.82 Å². The molecule has 1 aromatic carbocycles. The molecule has 5 rings (SSSR count). The lowest BCUT2D eigenvalue weighted by Crippen LogP contribution is -2.26. The summed E-state index contributed by atoms with van der Waals surface area (Å²) >= 11 is 3.54. The Kier molecular flexibility index (Phi) is 5.30. The molecule has 0 fully saturated rings. The second kappa shape index (κ2) is 7.98. The third kappa shape index (κ3) is 3.99. The van der Waals surface area contributed by atoms with Gasteiger partial charge in [0, 0.05) is 10.3 Å². The third-order valence-electron chi connectivity index (χ3n) is 6.19. The molecular weight excluding hydrogens is 424 g/mol. The number of thioether (sulfide) groups is 1. The van der Waals surface area contributed by atoms with Crippen LogP contribution in [0.2, 0.25) is 0 Å². The van der Waals surface area contributed by atoms with Crippen molar-refractivity contribution >= 4 is 33.3 Å². The quantitative estimate of drug-likeness (QED) is 0.305. The van der Waals surface area contributed by atoms with E-state index in [2.05, 4.69) is 65.3 Å². The van der Waals surface area contributed by atoms with E-state index >= 15 is 0 Å². The summed E-state index contributed by atoms with van der Waals surface area (Å²) in [7, 11) is 0. The van der Waals surface area contributed by atoms with Gasteiger partial charge < -0.3 is 0 Å². The molecule has 1 aliphatic carbocycles. The van der Waals surface area contributed by atoms with Crippen molar-refractivity contribution in [3.05, 3.63) is 52.4 Å². The van der Waals surface area contributed by atoms with Crippen LogP contribution in [-0.2, 0) is 18.6 Å². The molecular formula is C23H26N6S2. The molecule has 6 nitrogen and oxygen atoms in total. The van der Waals surface area contributed by atoms with Gasteiger partial charge in [-0.1, -0.05) is 50.2 Å². The molecule has 1 aliphatic rings. The predicted molar refractivity (Wildman–Crippen MR) is 126 cm³/mol. The highest BCUT2D eigenvalue weighted by Gasteiger charge is 2.31. The Hall–Kier alpha value is -2.32. The molecule has 0 bridgehead atoms. The Morgan fingerprint density at radius 1 is 1.16 bits per heavy atom. The fourth-order valence-corrected chi connectivity index (χ4v) is 6.51. The van der Waals surface area contributed by atoms with E-state index in [-0.39, 0.29) is 0 Å². The molecule has 3 aromatic heterocycles. The second-order valence-corrected chi connectivity index (χ2v) is 11.3. The van der Waals surface area contributed by atoms with E-state index in [4.69, 9.17) is 0 Å². The number of hydrogen-bond donors (Lipinski definition) is 0. The number of aryl methyl sites for hydroxylation is 2. The molecule has 0 radical (unpaired) electrons. The van der Waals surface area contributed by atoms with E-state index in [0.717, 1.165) is 40.1 Å². The van der Waals surface area contributed by atoms with E-state index in [1.165, 1.54) is 27.8 Å². The van der Waals surface area contributed by atoms with Gasteiger partial charge in [-0.2, -0.15) is 4.68 Å². The van der Waals surface area contributed by atoms with E-state index in [9.17, 15) is 0 Å². The summed E-state index contributed by atoms with van der Waals surface area (Å²) in [4.78, 5) is 11.9. The molecule has 0 saturated carbocycles. The molecule has 0 N–H and O–H groups in total. The first-order valence-electron chi connectivity index (χ1n) is 10.6. The van der Waals surface area contributed by atoms with E-state index in [0.29, 0.717) is 11.2 Å². The number of tetrazole rings is 1. The van der Waals surface area contributed by atoms with Gasteiger partial charge in [-0.05, 0) is 65.6 Å². The first-order valence-corrected chi connectivity index (χ1v) is 12.4. The van der Waals surface area contributed by atoms with Gasteiger partial charge in [-0.25, -0.2) is 9.97 Å². The van der Waals surface area contributed by atoms with Crippen LogP contribution in [0.5, 0.6) is 0 Å². The Labute approximate surface area is 190 Å². The highest BCUT2D eigenvalue weighted by molar-refractivity contribution is 7.98. The maximum atomic E-state index is 4.65. The zero-order valence-corrected chi connectivity index (χ0v) is 19.9. The van der Waals surface area contributed by atoms with Crippen LogP contribution in [0, 0.1) is 18.3 Å². The summed E-state index contributed by atoms with van der Waals surface area (Å²) in [5.74, 6) is 2.19. The number of hydrogen-bond acceptors (Lipinski definition) is 7. The summed E-state index contributed by atoms with van der Waals surface area (Å²) in [6, 6.07) is 8.24. The number of thiophene rings is 1. The lowest BCUT2D eigenvalue weighted by atomic mass is 9.72. The minimum Gasteiger partial charge on any atom is -0.229 e. The van der Waals surface area contributed by atoms with Crippen LogP contribution in [0.25, 0.3) is 15.9 Å². The smallest absolute Gasteiger partial charge is 0.166 e. The Balaban J connectivity index is 1.42. The van der Waals surface area contributed by atoms with Crippen molar-refractivity contribution in [2.45, 2.75) is 57.7 Å². The molecule has 0 spiro atoms. The monoisotopic (exact) mass is 450 g/mol. The summed E-state index contributed by atoms with van der Waals surface area (Å²) in [6.45, 7) is 9.14. The predicted octanol–water partition coefficient (Wildman–Crippen LogP) is 5.42. The maximum absolute atomic E-state index is 4.65. The van der Waals surface area contributed by atoms with Crippen molar-refractivity contribution in [2.75, 3.05) is 0 Å². The van der Waals surface area contributed by atoms with Crippen molar-refractivity contribution in [1.29, 1.82) is 0 Å². The topological polar surface area (TPSA) is 69.4 Å². The molecule has 31 heavy (non-hydrogen) atoms. The Bertz CT molecular complexity index is 1220. The van der Waals surface area contributed by atoms with Gasteiger partial charge in [0.1, 0.15) is 16.2 Å². The van der Waals surface area contributed by atoms with Gasteiger partial charge in [-0.3, -0.25) is 0 Å². The van der Waals surface area contributed by atoms with Crippen LogP contribution >= 0.6 is 23.1 Å². The van der Waals surface area contributed by atoms with Crippen LogP contribution in [-0.4, -0.2) is 30.2 Å². The fraction of sp³-hybridized carbons (Fsp3) is 0.435. The van der Waals surface area contributed by atoms with Crippen molar-refractivity contribution in [2.24, 2.45) is 11.3 Å². The average Bonchev–Trinajstić information content (AvgIpc) is 3.36. The standard InChI is InChI=1S/C23H26N6S2/c1-14-5-8-16(9-6-14)29-19(26-27-28-29)12-30-21-20-17-10-7-15(23(2,3)4)11-18(17)31-22(20)25-13-24-21/h5-6,8-9,13,15H,7,10-12H2,1-4H3/t15-/m0/s1. The number of fused-ring (bicyclic) bond motifs is 3. The molecule has 0 amide bonds. The fourth-order valence-electron chi connectivity index (χ4n) is 4.25. The van der Waals surface area contributed by atoms with Crippen molar-refractivity contribution in [3.8, 4) is 5.69 Å². The van der Waals surface area contributed by atoms with E-state index in [1.807, 2.05) is 28.2 Å². The second-order valence-electron chi connectivity index (χ2n) is 9.30. The number of aromatic nitrogens is 6. The minimum atomic E-state index is 0.337. The number of benzene rings is 1. The molecule has 3 heterocycles. The molecule has 4 aromatic rings. The normalized spacial score (nSPS) is 16.6. The van der Waals surface area contributed by atoms with Crippen LogP contribution in [0.3, 0.4) is 0 Å². The highest BCUT2D eigenvalue weighted by atomic mass is 32.2. The van der Waals surface area contributed by atoms with Crippen molar-refractivity contribution in [3.63, 3.8) is 0 Å². The van der Waals surface area contributed by atoms with Crippen molar-refractivity contribution in [1.82, 2.24) is 30.2 Å². The average molecular weight is 451 g/mol. The SMILES string of the molecule is Cc1ccc(-n2nnnc2CSc2ncnc3sc4c(c23)CC[C@H](C(C)(C)C)C4)cc1. The molecule has 160 valence electrons. The van der Waals surface area contributed by atoms with E-state index in [1.54, 1.807) is 18.1 Å². The van der Waals surface area contributed by atoms with Gasteiger partial charge in [-0.15, -0.1) is 16.4 Å². The highest BCUT2D eigenvalue weighted by Crippen LogP contribution is 2.44. The van der Waals surface area contributed by atoms with Gasteiger partial charge in [0.05, 0.1) is 11.4 Å². The van der Waals surface area contributed by atoms with Gasteiger partial charge in [0.2, 0.25) is 0 Å². The zero-order chi connectivity index (χ0) is 21.6. The van der Waals surface area contributed by atoms with E-state index < -0.39 is 0 Å². The van der Waals surface area contributed by atoms with Crippen LogP contribution < -0.4 is 0 Å². The molecule has 0 aliphatic heterocycles. The lowest BCUT2D eigenvalue weighted by Gasteiger charge is -2.33. The summed E-state index contributed by atoms with van der Waals surface area (Å²) in [5, 5.41) is 14.6. The molecule has 0 unspecified atom stereocenters. The maximum Gasteiger partial charge on any atom is 0.166 e. The largest absolute Gasteiger partial charge is 0.229 e. The number of rotatable bonds is 4. The Morgan fingerprint density at radius 3 is 2.74 bits per heavy atom. The Morgan fingerprint density at radius 2 is 1.97 bits per heavy atom. The van der Waals surface area contributed by atoms with Gasteiger partial charge in [0.25, 0.3) is 0 Å². The third-order valence-corrected chi connectivity index (χ3v) is 8.33. The zero-order valence-electron chi connectivity index (χ0n) is 18.3. The van der Waals surface area contributed by atoms with Crippen LogP contribution in [0.15, 0.2) is 35.6 Å². The molecule has 8 heteroatoms. The van der Waals surface area contributed by atoms with Crippen LogP contribution in [0.1, 0.15) is 49.0 Å². The first kappa shape index (κ1) is 20.6. The van der Waals surface area contributed by atoms with Crippen LogP contribution in [0.4, 0.5) is 0 Å². The minimum absolute atomic E-state index is 0.337. The van der Waals surface area contributed by atoms with Gasteiger partial charge >= 0.3 is 0 Å². The first-order chi connectivity index (χ1) is 14.9. The summed E-state index contributed by atoms with van der Waals surface area (Å²) in [5.41, 5.74) is 3.98.